The van der Waals surface area contributed by atoms with Crippen LogP contribution in [-0.2, 0) is 0 Å². The normalized spacial score (nSPS) is 11.6. The molecule has 496 valence electrons. The van der Waals surface area contributed by atoms with Gasteiger partial charge in [-0.05, 0) is 112 Å². The number of hydrogen-bond acceptors (Lipinski definition) is 4. The lowest BCUT2D eigenvalue weighted by Crippen LogP contribution is -2.04. The molecule has 0 amide bonds. The summed E-state index contributed by atoms with van der Waals surface area (Å²) in [6, 6.07) is 137. The third-order valence-corrected chi connectivity index (χ3v) is 20.7. The molecule has 0 aliphatic heterocycles. The largest absolute Gasteiger partial charge is 0.309 e. The molecule has 0 fully saturated rings. The number of fused-ring (bicyclic) bond motifs is 14. The number of rotatable bonds is 11. The van der Waals surface area contributed by atoms with E-state index in [-0.39, 0.29) is 0 Å². The van der Waals surface area contributed by atoms with Crippen molar-refractivity contribution in [1.82, 2.24) is 38.2 Å². The molecule has 0 atom stereocenters. The van der Waals surface area contributed by atoms with Crippen LogP contribution in [0.5, 0.6) is 0 Å². The number of hydrogen-bond donors (Lipinski definition) is 0. The molecular weight excluding hydrogens is 1290 g/mol. The minimum Gasteiger partial charge on any atom is -0.309 e. The summed E-state index contributed by atoms with van der Waals surface area (Å²) in [6.45, 7) is 0. The first kappa shape index (κ1) is 61.5. The van der Waals surface area contributed by atoms with Gasteiger partial charge in [-0.15, -0.1) is 0 Å². The smallest absolute Gasteiger partial charge is 0.235 e. The summed E-state index contributed by atoms with van der Waals surface area (Å²) in [6.07, 6.45) is 0. The van der Waals surface area contributed by atoms with E-state index >= 15 is 0 Å². The molecule has 0 aliphatic carbocycles. The highest BCUT2D eigenvalue weighted by molar-refractivity contribution is 6.27. The summed E-state index contributed by atoms with van der Waals surface area (Å²) in [5.41, 5.74) is 25.8. The van der Waals surface area contributed by atoms with Crippen molar-refractivity contribution in [3.05, 3.63) is 388 Å². The predicted molar refractivity (Wildman–Crippen MR) is 439 cm³/mol. The van der Waals surface area contributed by atoms with Crippen LogP contribution in [0.3, 0.4) is 0 Å². The molecule has 0 radical (unpaired) electrons. The fourth-order valence-corrected chi connectivity index (χ4v) is 15.8. The van der Waals surface area contributed by atoms with Crippen molar-refractivity contribution >= 4 is 87.2 Å². The van der Waals surface area contributed by atoms with E-state index in [0.29, 0.717) is 11.9 Å². The van der Waals surface area contributed by atoms with Gasteiger partial charge in [0, 0.05) is 76.7 Å². The van der Waals surface area contributed by atoms with Crippen LogP contribution in [0.15, 0.2) is 388 Å². The molecule has 0 spiro atoms. The van der Waals surface area contributed by atoms with Gasteiger partial charge in [0.25, 0.3) is 0 Å². The van der Waals surface area contributed by atoms with Crippen LogP contribution in [0.4, 0.5) is 0 Å². The molecular formula is C98H64N8. The molecule has 8 nitrogen and oxygen atoms in total. The number of aromatic nitrogens is 8. The Kier molecular flexibility index (Phi) is 15.0. The molecule has 21 aromatic rings. The van der Waals surface area contributed by atoms with Crippen molar-refractivity contribution in [1.29, 1.82) is 0 Å². The van der Waals surface area contributed by atoms with E-state index in [9.17, 15) is 0 Å². The number of para-hydroxylation sites is 6. The fourth-order valence-electron chi connectivity index (χ4n) is 15.8. The quantitative estimate of drug-likeness (QED) is 0.129. The molecule has 0 saturated carbocycles. The van der Waals surface area contributed by atoms with Crippen molar-refractivity contribution in [2.24, 2.45) is 0 Å². The average molecular weight is 1350 g/mol. The highest BCUT2D eigenvalue weighted by Gasteiger charge is 2.26. The van der Waals surface area contributed by atoms with Gasteiger partial charge in [0.2, 0.25) is 11.9 Å². The van der Waals surface area contributed by atoms with Crippen LogP contribution < -0.4 is 0 Å². The summed E-state index contributed by atoms with van der Waals surface area (Å²) in [4.78, 5) is 21.6. The lowest BCUT2D eigenvalue weighted by atomic mass is 10.0. The summed E-state index contributed by atoms with van der Waals surface area (Å²) in [7, 11) is 0. The Hall–Kier alpha value is -14.3. The van der Waals surface area contributed by atoms with Gasteiger partial charge in [0.15, 0.2) is 0 Å². The van der Waals surface area contributed by atoms with Crippen LogP contribution in [0.25, 0.3) is 189 Å². The second kappa shape index (κ2) is 25.9. The molecule has 8 heteroatoms. The zero-order valence-electron chi connectivity index (χ0n) is 57.5. The van der Waals surface area contributed by atoms with Crippen molar-refractivity contribution in [3.8, 4) is 102 Å². The van der Waals surface area contributed by atoms with Gasteiger partial charge in [-0.25, -0.2) is 19.9 Å². The van der Waals surface area contributed by atoms with Crippen LogP contribution >= 0.6 is 0 Å². The van der Waals surface area contributed by atoms with Gasteiger partial charge in [-0.3, -0.25) is 9.13 Å². The first-order valence-electron chi connectivity index (χ1n) is 35.9. The van der Waals surface area contributed by atoms with E-state index < -0.39 is 0 Å². The number of nitrogens with zero attached hydrogens (tertiary/aromatic N) is 8. The van der Waals surface area contributed by atoms with Gasteiger partial charge in [0.1, 0.15) is 0 Å². The van der Waals surface area contributed by atoms with Crippen molar-refractivity contribution < 1.29 is 0 Å². The van der Waals surface area contributed by atoms with Gasteiger partial charge in [-0.1, -0.05) is 309 Å². The SMILES string of the molecule is c1ccc(-c2ccc(-c3cc(-c4ccc(-c5ccccc5)cc4)nc(-n4c5ccccc5c5ccc6c(c7ccccc7n6-c6ccccc6)c54)n3)cc2)cc1.c1ccc(-c2cccc(-c3cc(-c4ccccc4)nc(-n4c5ccccc5c5ccc6c(c7ccccc7n6-c6ccccc6)c54)n3)c2)cc1. The second-order valence-corrected chi connectivity index (χ2v) is 26.9. The molecule has 0 bridgehead atoms. The molecule has 0 N–H and O–H groups in total. The van der Waals surface area contributed by atoms with Crippen molar-refractivity contribution in [3.63, 3.8) is 0 Å². The van der Waals surface area contributed by atoms with Gasteiger partial charge < -0.3 is 9.13 Å². The monoisotopic (exact) mass is 1350 g/mol. The van der Waals surface area contributed by atoms with E-state index in [1.165, 1.54) is 65.5 Å². The predicted octanol–water partition coefficient (Wildman–Crippen LogP) is 25.0. The Morgan fingerprint density at radius 2 is 0.434 bits per heavy atom. The molecule has 6 heterocycles. The Balaban J connectivity index is 0.000000141. The Morgan fingerprint density at radius 3 is 0.830 bits per heavy atom. The molecule has 6 aromatic heterocycles. The van der Waals surface area contributed by atoms with E-state index in [4.69, 9.17) is 19.9 Å². The zero-order chi connectivity index (χ0) is 70.0. The van der Waals surface area contributed by atoms with Gasteiger partial charge >= 0.3 is 0 Å². The van der Waals surface area contributed by atoms with Crippen LogP contribution in [-0.4, -0.2) is 38.2 Å². The van der Waals surface area contributed by atoms with Gasteiger partial charge in [0.05, 0.1) is 66.9 Å². The third kappa shape index (κ3) is 10.6. The standard InChI is InChI=1S/C52H34N4.C46H30N4/c1-4-14-35(15-5-1)37-24-28-39(29-25-37)45-34-46(40-30-26-38(27-31-40)36-16-6-2-7-17-36)54-52(53-45)56-47-22-12-10-20-42(47)43-32-33-49-50(51(43)56)44-21-11-13-23-48(44)55(49)41-18-8-3-9-19-41;1-4-15-31(16-5-1)33-19-14-20-34(29-33)40-30-39(32-17-6-2-7-18-32)47-46(48-40)50-41-25-12-10-23-36(41)37-27-28-43-44(45(37)50)38-24-11-13-26-42(38)49(43)35-21-8-3-9-22-35/h1-34H;1-30H. The topological polar surface area (TPSA) is 71.3 Å². The van der Waals surface area contributed by atoms with E-state index in [2.05, 4.69) is 400 Å². The minimum atomic E-state index is 0.631. The summed E-state index contributed by atoms with van der Waals surface area (Å²) < 4.78 is 9.31. The van der Waals surface area contributed by atoms with Crippen molar-refractivity contribution in [2.75, 3.05) is 0 Å². The first-order chi connectivity index (χ1) is 52.6. The number of benzene rings is 15. The van der Waals surface area contributed by atoms with Crippen LogP contribution in [0.1, 0.15) is 0 Å². The summed E-state index contributed by atoms with van der Waals surface area (Å²) in [5, 5.41) is 9.40. The lowest BCUT2D eigenvalue weighted by molar-refractivity contribution is 0.998. The van der Waals surface area contributed by atoms with Crippen LogP contribution in [0.2, 0.25) is 0 Å². The maximum absolute atomic E-state index is 5.44. The Labute approximate surface area is 611 Å². The summed E-state index contributed by atoms with van der Waals surface area (Å²) in [5.74, 6) is 1.27. The van der Waals surface area contributed by atoms with Gasteiger partial charge in [-0.2, -0.15) is 0 Å². The lowest BCUT2D eigenvalue weighted by Gasteiger charge is -2.13. The first-order valence-corrected chi connectivity index (χ1v) is 35.9. The molecule has 106 heavy (non-hydrogen) atoms. The third-order valence-electron chi connectivity index (χ3n) is 20.7. The minimum absolute atomic E-state index is 0.631. The van der Waals surface area contributed by atoms with E-state index in [0.717, 1.165) is 111 Å². The maximum Gasteiger partial charge on any atom is 0.235 e. The molecule has 15 aromatic carbocycles. The van der Waals surface area contributed by atoms with Crippen molar-refractivity contribution in [2.45, 2.75) is 0 Å². The maximum atomic E-state index is 5.44. The average Bonchev–Trinajstić information content (AvgIpc) is 1.55. The Bertz CT molecular complexity index is 6780. The summed E-state index contributed by atoms with van der Waals surface area (Å²) >= 11 is 0. The second-order valence-electron chi connectivity index (χ2n) is 26.9. The zero-order valence-corrected chi connectivity index (χ0v) is 57.5. The van der Waals surface area contributed by atoms with Crippen LogP contribution in [0, 0.1) is 0 Å². The highest BCUT2D eigenvalue weighted by atomic mass is 15.2. The molecule has 0 saturated heterocycles. The highest BCUT2D eigenvalue weighted by Crippen LogP contribution is 2.45. The molecule has 0 aliphatic rings. The molecule has 0 unspecified atom stereocenters. The fraction of sp³-hybridized carbons (Fsp3) is 0. The Morgan fingerprint density at radius 1 is 0.160 bits per heavy atom. The molecule has 21 rings (SSSR count). The van der Waals surface area contributed by atoms with E-state index in [1.54, 1.807) is 0 Å². The van der Waals surface area contributed by atoms with E-state index in [1.807, 2.05) is 6.07 Å².